The molecule has 0 N–H and O–H groups in total. The number of benzene rings is 2. The van der Waals surface area contributed by atoms with Crippen LogP contribution < -0.4 is 9.47 Å². The third kappa shape index (κ3) is 5.10. The van der Waals surface area contributed by atoms with Gasteiger partial charge >= 0.3 is 0 Å². The third-order valence-corrected chi connectivity index (χ3v) is 7.05. The van der Waals surface area contributed by atoms with Crippen LogP contribution >= 0.6 is 34.5 Å². The Bertz CT molecular complexity index is 1200. The Balaban J connectivity index is 1.54. The van der Waals surface area contributed by atoms with E-state index in [0.29, 0.717) is 34.8 Å². The summed E-state index contributed by atoms with van der Waals surface area (Å²) in [7, 11) is 0. The minimum absolute atomic E-state index is 0.301. The molecule has 164 valence electrons. The van der Waals surface area contributed by atoms with Crippen LogP contribution in [0, 0.1) is 11.3 Å². The van der Waals surface area contributed by atoms with Crippen molar-refractivity contribution in [1.82, 2.24) is 0 Å². The van der Waals surface area contributed by atoms with Gasteiger partial charge in [0, 0.05) is 26.7 Å². The number of aliphatic imine (C=N–C) groups is 1. The maximum absolute atomic E-state index is 9.63. The third-order valence-electron chi connectivity index (χ3n) is 5.26. The summed E-state index contributed by atoms with van der Waals surface area (Å²) in [5.74, 6) is 1.26. The number of ether oxygens (including phenoxy) is 2. The molecule has 0 atom stereocenters. The van der Waals surface area contributed by atoms with Crippen molar-refractivity contribution in [3.05, 3.63) is 73.6 Å². The van der Waals surface area contributed by atoms with Crippen molar-refractivity contribution >= 4 is 45.8 Å². The van der Waals surface area contributed by atoms with Gasteiger partial charge in [-0.1, -0.05) is 29.3 Å². The van der Waals surface area contributed by atoms with Crippen molar-refractivity contribution in [2.45, 2.75) is 39.2 Å². The first-order valence-electron chi connectivity index (χ1n) is 10.5. The highest BCUT2D eigenvalue weighted by atomic mass is 35.5. The fraction of sp³-hybridized carbons (Fsp3) is 0.280. The number of nitriles is 1. The average Bonchev–Trinajstić information content (AvgIpc) is 3.15. The molecule has 1 aromatic heterocycles. The number of aryl methyl sites for hydroxylation is 1. The number of hydrogen-bond donors (Lipinski definition) is 0. The SMILES string of the molecule is CCOc1cc(C=Nc2sc3c(c2C#N)CCCC3)ccc1OCc1ccc(Cl)cc1Cl. The van der Waals surface area contributed by atoms with Gasteiger partial charge in [0.05, 0.1) is 12.2 Å². The van der Waals surface area contributed by atoms with E-state index in [4.69, 9.17) is 32.7 Å². The van der Waals surface area contributed by atoms with Gasteiger partial charge in [-0.25, -0.2) is 4.99 Å². The highest BCUT2D eigenvalue weighted by Gasteiger charge is 2.20. The Kier molecular flexibility index (Phi) is 7.36. The van der Waals surface area contributed by atoms with Crippen LogP contribution in [0.3, 0.4) is 0 Å². The zero-order valence-corrected chi connectivity index (χ0v) is 20.0. The molecule has 0 spiro atoms. The van der Waals surface area contributed by atoms with Gasteiger partial charge in [0.25, 0.3) is 0 Å². The fourth-order valence-corrected chi connectivity index (χ4v) is 5.32. The second-order valence-electron chi connectivity index (χ2n) is 7.42. The molecule has 0 radical (unpaired) electrons. The molecule has 1 aliphatic rings. The lowest BCUT2D eigenvalue weighted by Crippen LogP contribution is -2.01. The maximum atomic E-state index is 9.63. The topological polar surface area (TPSA) is 54.6 Å². The van der Waals surface area contributed by atoms with Gasteiger partial charge in [0.2, 0.25) is 0 Å². The highest BCUT2D eigenvalue weighted by Crippen LogP contribution is 2.39. The summed E-state index contributed by atoms with van der Waals surface area (Å²) in [5, 5.41) is 11.6. The molecule has 3 aromatic rings. The predicted molar refractivity (Wildman–Crippen MR) is 131 cm³/mol. The van der Waals surface area contributed by atoms with Crippen LogP contribution in [0.25, 0.3) is 0 Å². The van der Waals surface area contributed by atoms with E-state index in [1.165, 1.54) is 16.9 Å². The van der Waals surface area contributed by atoms with Crippen LogP contribution in [0.15, 0.2) is 41.4 Å². The normalized spacial score (nSPS) is 13.1. The van der Waals surface area contributed by atoms with Gasteiger partial charge in [-0.2, -0.15) is 5.26 Å². The van der Waals surface area contributed by atoms with Crippen LogP contribution in [-0.2, 0) is 19.4 Å². The van der Waals surface area contributed by atoms with Crippen molar-refractivity contribution < 1.29 is 9.47 Å². The molecule has 4 nitrogen and oxygen atoms in total. The summed E-state index contributed by atoms with van der Waals surface area (Å²) in [4.78, 5) is 5.95. The second kappa shape index (κ2) is 10.4. The second-order valence-corrected chi connectivity index (χ2v) is 9.35. The standard InChI is InChI=1S/C25H22Cl2N2O2S/c1-2-30-23-11-16(7-10-22(23)31-15-17-8-9-18(26)12-21(17)27)14-29-25-20(13-28)19-5-3-4-6-24(19)32-25/h7-12,14H,2-6,15H2,1H3. The van der Waals surface area contributed by atoms with Crippen LogP contribution in [-0.4, -0.2) is 12.8 Å². The summed E-state index contributed by atoms with van der Waals surface area (Å²) < 4.78 is 11.8. The van der Waals surface area contributed by atoms with Crippen molar-refractivity contribution in [2.75, 3.05) is 6.61 Å². The van der Waals surface area contributed by atoms with E-state index in [1.807, 2.05) is 31.2 Å². The van der Waals surface area contributed by atoms with E-state index in [9.17, 15) is 5.26 Å². The molecule has 0 amide bonds. The molecule has 4 rings (SSSR count). The molecular weight excluding hydrogens is 463 g/mol. The average molecular weight is 485 g/mol. The van der Waals surface area contributed by atoms with Gasteiger partial charge in [-0.3, -0.25) is 0 Å². The molecule has 1 aliphatic carbocycles. The molecule has 0 saturated carbocycles. The van der Waals surface area contributed by atoms with Gasteiger partial charge in [-0.15, -0.1) is 11.3 Å². The number of nitrogens with zero attached hydrogens (tertiary/aromatic N) is 2. The molecule has 2 aromatic carbocycles. The van der Waals surface area contributed by atoms with Crippen molar-refractivity contribution in [3.63, 3.8) is 0 Å². The van der Waals surface area contributed by atoms with E-state index in [2.05, 4.69) is 11.1 Å². The quantitative estimate of drug-likeness (QED) is 0.325. The van der Waals surface area contributed by atoms with Gasteiger partial charge in [-0.05, 0) is 74.1 Å². The van der Waals surface area contributed by atoms with E-state index in [0.717, 1.165) is 41.0 Å². The summed E-state index contributed by atoms with van der Waals surface area (Å²) in [6, 6.07) is 13.4. The monoisotopic (exact) mass is 484 g/mol. The Labute approximate surface area is 202 Å². The van der Waals surface area contributed by atoms with Crippen LogP contribution in [0.1, 0.15) is 46.9 Å². The molecule has 0 aliphatic heterocycles. The lowest BCUT2D eigenvalue weighted by Gasteiger charge is -2.13. The minimum atomic E-state index is 0.301. The Hall–Kier alpha value is -2.52. The number of halogens is 2. The van der Waals surface area contributed by atoms with Crippen molar-refractivity contribution in [1.29, 1.82) is 5.26 Å². The summed E-state index contributed by atoms with van der Waals surface area (Å²) in [6.07, 6.45) is 6.12. The number of fused-ring (bicyclic) bond motifs is 1. The van der Waals surface area contributed by atoms with Crippen molar-refractivity contribution in [2.24, 2.45) is 4.99 Å². The Morgan fingerprint density at radius 3 is 2.72 bits per heavy atom. The summed E-state index contributed by atoms with van der Waals surface area (Å²) >= 11 is 13.8. The smallest absolute Gasteiger partial charge is 0.161 e. The van der Waals surface area contributed by atoms with Crippen LogP contribution in [0.2, 0.25) is 10.0 Å². The lowest BCUT2D eigenvalue weighted by atomic mass is 9.96. The lowest BCUT2D eigenvalue weighted by molar-refractivity contribution is 0.269. The molecule has 0 unspecified atom stereocenters. The maximum Gasteiger partial charge on any atom is 0.161 e. The van der Waals surface area contributed by atoms with E-state index in [-0.39, 0.29) is 0 Å². The Morgan fingerprint density at radius 2 is 1.94 bits per heavy atom. The number of thiophene rings is 1. The number of rotatable bonds is 7. The van der Waals surface area contributed by atoms with Gasteiger partial charge in [0.1, 0.15) is 17.7 Å². The zero-order chi connectivity index (χ0) is 22.5. The molecule has 0 bridgehead atoms. The first kappa shape index (κ1) is 22.7. The van der Waals surface area contributed by atoms with Gasteiger partial charge < -0.3 is 9.47 Å². The van der Waals surface area contributed by atoms with E-state index < -0.39 is 0 Å². The van der Waals surface area contributed by atoms with Gasteiger partial charge in [0.15, 0.2) is 11.5 Å². The zero-order valence-electron chi connectivity index (χ0n) is 17.7. The molecule has 0 saturated heterocycles. The van der Waals surface area contributed by atoms with E-state index in [1.54, 1.807) is 29.7 Å². The highest BCUT2D eigenvalue weighted by molar-refractivity contribution is 7.16. The molecular formula is C25H22Cl2N2O2S. The molecule has 0 fully saturated rings. The van der Waals surface area contributed by atoms with Crippen LogP contribution in [0.4, 0.5) is 5.00 Å². The molecule has 7 heteroatoms. The first-order valence-corrected chi connectivity index (χ1v) is 12.1. The Morgan fingerprint density at radius 1 is 1.09 bits per heavy atom. The van der Waals surface area contributed by atoms with Crippen molar-refractivity contribution in [3.8, 4) is 17.6 Å². The fourth-order valence-electron chi connectivity index (χ4n) is 3.68. The predicted octanol–water partition coefficient (Wildman–Crippen LogP) is 7.53. The number of hydrogen-bond acceptors (Lipinski definition) is 5. The molecule has 1 heterocycles. The largest absolute Gasteiger partial charge is 0.490 e. The summed E-state index contributed by atoms with van der Waals surface area (Å²) in [6.45, 7) is 2.74. The molecule has 32 heavy (non-hydrogen) atoms. The summed E-state index contributed by atoms with van der Waals surface area (Å²) in [5.41, 5.74) is 3.64. The minimum Gasteiger partial charge on any atom is -0.490 e. The van der Waals surface area contributed by atoms with E-state index >= 15 is 0 Å². The van der Waals surface area contributed by atoms with Crippen LogP contribution in [0.5, 0.6) is 11.5 Å². The first-order chi connectivity index (χ1) is 15.6.